The fourth-order valence-electron chi connectivity index (χ4n) is 2.11. The van der Waals surface area contributed by atoms with Gasteiger partial charge in [0.05, 0.1) is 6.54 Å². The normalized spacial score (nSPS) is 19.7. The molecule has 3 nitrogen and oxygen atoms in total. The van der Waals surface area contributed by atoms with Crippen LogP contribution in [-0.2, 0) is 13.0 Å². The highest BCUT2D eigenvalue weighted by molar-refractivity contribution is 8.00. The van der Waals surface area contributed by atoms with Crippen LogP contribution in [0.15, 0.2) is 17.1 Å². The fraction of sp³-hybridized carbons (Fsp3) is 0.643. The lowest BCUT2D eigenvalue weighted by molar-refractivity contribution is 0.727. The first-order chi connectivity index (χ1) is 9.31. The number of guanidine groups is 1. The van der Waals surface area contributed by atoms with Gasteiger partial charge in [-0.1, -0.05) is 6.92 Å². The molecule has 1 saturated heterocycles. The Morgan fingerprint density at radius 3 is 2.84 bits per heavy atom. The van der Waals surface area contributed by atoms with Crippen LogP contribution in [0.5, 0.6) is 0 Å². The number of hydrogen-bond donors (Lipinski definition) is 2. The highest BCUT2D eigenvalue weighted by atomic mass is 32.2. The first-order valence-corrected chi connectivity index (χ1v) is 8.82. The van der Waals surface area contributed by atoms with Gasteiger partial charge in [0.2, 0.25) is 0 Å². The molecule has 1 aromatic rings. The minimum Gasteiger partial charge on any atom is -0.355 e. The lowest BCUT2D eigenvalue weighted by Gasteiger charge is -2.14. The summed E-state index contributed by atoms with van der Waals surface area (Å²) in [7, 11) is 1.84. The maximum atomic E-state index is 4.28. The minimum absolute atomic E-state index is 0.756. The van der Waals surface area contributed by atoms with Crippen molar-refractivity contribution in [2.45, 2.75) is 38.0 Å². The molecule has 0 aromatic carbocycles. The van der Waals surface area contributed by atoms with Crippen molar-refractivity contribution in [3.05, 3.63) is 21.9 Å². The van der Waals surface area contributed by atoms with Crippen LogP contribution in [0.25, 0.3) is 0 Å². The molecule has 2 heterocycles. The Kier molecular flexibility index (Phi) is 6.04. The SMILES string of the molecule is CCc1ccc(CNC(=NC)NCC2CCCS2)s1. The first-order valence-electron chi connectivity index (χ1n) is 6.95. The molecule has 1 fully saturated rings. The zero-order chi connectivity index (χ0) is 13.5. The minimum atomic E-state index is 0.756. The molecule has 0 aliphatic carbocycles. The van der Waals surface area contributed by atoms with Crippen molar-refractivity contribution in [3.8, 4) is 0 Å². The van der Waals surface area contributed by atoms with Crippen LogP contribution in [-0.4, -0.2) is 30.6 Å². The molecule has 0 saturated carbocycles. The molecule has 1 aliphatic heterocycles. The van der Waals surface area contributed by atoms with Gasteiger partial charge in [-0.3, -0.25) is 4.99 Å². The van der Waals surface area contributed by atoms with Gasteiger partial charge in [0.15, 0.2) is 5.96 Å². The van der Waals surface area contributed by atoms with E-state index in [4.69, 9.17) is 0 Å². The van der Waals surface area contributed by atoms with Crippen LogP contribution in [0, 0.1) is 0 Å². The summed E-state index contributed by atoms with van der Waals surface area (Å²) < 4.78 is 0. The molecule has 0 bridgehead atoms. The summed E-state index contributed by atoms with van der Waals surface area (Å²) in [5.41, 5.74) is 0. The van der Waals surface area contributed by atoms with Gasteiger partial charge < -0.3 is 10.6 Å². The standard InChI is InChI=1S/C14H23N3S2/c1-3-11-6-7-13(19-11)10-17-14(15-2)16-9-12-5-4-8-18-12/h6-7,12H,3-5,8-10H2,1-2H3,(H2,15,16,17). The average Bonchev–Trinajstić information content (AvgIpc) is 3.10. The lowest BCUT2D eigenvalue weighted by Crippen LogP contribution is -2.39. The zero-order valence-corrected chi connectivity index (χ0v) is 13.4. The fourth-order valence-corrected chi connectivity index (χ4v) is 4.21. The van der Waals surface area contributed by atoms with Crippen LogP contribution in [0.1, 0.15) is 29.5 Å². The van der Waals surface area contributed by atoms with E-state index >= 15 is 0 Å². The number of thioether (sulfide) groups is 1. The van der Waals surface area contributed by atoms with Gasteiger partial charge in [-0.05, 0) is 37.1 Å². The maximum Gasteiger partial charge on any atom is 0.191 e. The third kappa shape index (κ3) is 4.73. The quantitative estimate of drug-likeness (QED) is 0.648. The van der Waals surface area contributed by atoms with Crippen LogP contribution in [0.3, 0.4) is 0 Å². The van der Waals surface area contributed by atoms with Crippen LogP contribution < -0.4 is 10.6 Å². The molecule has 106 valence electrons. The van der Waals surface area contributed by atoms with Crippen molar-refractivity contribution < 1.29 is 0 Å². The summed E-state index contributed by atoms with van der Waals surface area (Å²) in [6.07, 6.45) is 3.81. The van der Waals surface area contributed by atoms with Crippen LogP contribution in [0.4, 0.5) is 0 Å². The smallest absolute Gasteiger partial charge is 0.191 e. The number of rotatable bonds is 5. The van der Waals surface area contributed by atoms with E-state index in [0.29, 0.717) is 0 Å². The van der Waals surface area contributed by atoms with Crippen molar-refractivity contribution in [2.75, 3.05) is 19.3 Å². The molecule has 1 aromatic heterocycles. The number of thiophene rings is 1. The summed E-state index contributed by atoms with van der Waals surface area (Å²) >= 11 is 3.95. The summed E-state index contributed by atoms with van der Waals surface area (Å²) in [6.45, 7) is 4.08. The van der Waals surface area contributed by atoms with Gasteiger partial charge in [0, 0.05) is 28.6 Å². The third-order valence-corrected chi connectivity index (χ3v) is 5.87. The molecule has 0 amide bonds. The van der Waals surface area contributed by atoms with E-state index in [0.717, 1.165) is 30.7 Å². The van der Waals surface area contributed by atoms with Crippen molar-refractivity contribution in [3.63, 3.8) is 0 Å². The number of nitrogens with zero attached hydrogens (tertiary/aromatic N) is 1. The average molecular weight is 297 g/mol. The zero-order valence-electron chi connectivity index (χ0n) is 11.7. The topological polar surface area (TPSA) is 36.4 Å². The molecule has 0 radical (unpaired) electrons. The number of aliphatic imine (C=N–C) groups is 1. The Balaban J connectivity index is 1.72. The second kappa shape index (κ2) is 7.80. The predicted molar refractivity (Wildman–Crippen MR) is 87.4 cm³/mol. The summed E-state index contributed by atoms with van der Waals surface area (Å²) in [5, 5.41) is 7.57. The van der Waals surface area contributed by atoms with Gasteiger partial charge >= 0.3 is 0 Å². The van der Waals surface area contributed by atoms with Gasteiger partial charge in [0.25, 0.3) is 0 Å². The molecule has 19 heavy (non-hydrogen) atoms. The second-order valence-corrected chi connectivity index (χ2v) is 7.32. The number of nitrogens with one attached hydrogen (secondary N) is 2. The molecule has 1 atom stereocenters. The van der Waals surface area contributed by atoms with E-state index < -0.39 is 0 Å². The summed E-state index contributed by atoms with van der Waals surface area (Å²) in [6, 6.07) is 4.42. The van der Waals surface area contributed by atoms with E-state index in [2.05, 4.69) is 46.4 Å². The second-order valence-electron chi connectivity index (χ2n) is 4.66. The first kappa shape index (κ1) is 14.7. The summed E-state index contributed by atoms with van der Waals surface area (Å²) in [5.74, 6) is 2.23. The molecular weight excluding hydrogens is 274 g/mol. The molecule has 0 spiro atoms. The van der Waals surface area contributed by atoms with Crippen molar-refractivity contribution in [1.29, 1.82) is 0 Å². The molecule has 1 unspecified atom stereocenters. The Hall–Kier alpha value is -0.680. The number of aryl methyl sites for hydroxylation is 1. The molecular formula is C14H23N3S2. The Labute approximate surface area is 124 Å². The van der Waals surface area contributed by atoms with Gasteiger partial charge in [-0.15, -0.1) is 11.3 Å². The maximum absolute atomic E-state index is 4.28. The Morgan fingerprint density at radius 2 is 2.21 bits per heavy atom. The predicted octanol–water partition coefficient (Wildman–Crippen LogP) is 2.87. The molecule has 1 aliphatic rings. The van der Waals surface area contributed by atoms with Crippen molar-refractivity contribution in [2.24, 2.45) is 4.99 Å². The van der Waals surface area contributed by atoms with Gasteiger partial charge in [-0.2, -0.15) is 11.8 Å². The largest absolute Gasteiger partial charge is 0.355 e. The number of hydrogen-bond acceptors (Lipinski definition) is 3. The van der Waals surface area contributed by atoms with E-state index in [1.807, 2.05) is 18.4 Å². The van der Waals surface area contributed by atoms with Crippen LogP contribution in [0.2, 0.25) is 0 Å². The van der Waals surface area contributed by atoms with Crippen LogP contribution >= 0.6 is 23.1 Å². The summed E-state index contributed by atoms with van der Waals surface area (Å²) in [4.78, 5) is 7.10. The van der Waals surface area contributed by atoms with E-state index in [1.165, 1.54) is 28.3 Å². The highest BCUT2D eigenvalue weighted by Gasteiger charge is 2.15. The molecule has 5 heteroatoms. The van der Waals surface area contributed by atoms with E-state index in [1.54, 1.807) is 0 Å². The van der Waals surface area contributed by atoms with E-state index in [9.17, 15) is 0 Å². The molecule has 2 rings (SSSR count). The molecule has 2 N–H and O–H groups in total. The van der Waals surface area contributed by atoms with E-state index in [-0.39, 0.29) is 0 Å². The lowest BCUT2D eigenvalue weighted by atomic mass is 10.2. The van der Waals surface area contributed by atoms with Gasteiger partial charge in [0.1, 0.15) is 0 Å². The van der Waals surface area contributed by atoms with Crippen molar-refractivity contribution >= 4 is 29.1 Å². The Bertz CT molecular complexity index is 409. The van der Waals surface area contributed by atoms with Gasteiger partial charge in [-0.25, -0.2) is 0 Å². The highest BCUT2D eigenvalue weighted by Crippen LogP contribution is 2.25. The monoisotopic (exact) mass is 297 g/mol. The van der Waals surface area contributed by atoms with Crippen molar-refractivity contribution in [1.82, 2.24) is 10.6 Å². The Morgan fingerprint density at radius 1 is 1.37 bits per heavy atom. The third-order valence-electron chi connectivity index (χ3n) is 3.24.